The second-order valence-electron chi connectivity index (χ2n) is 5.41. The molecule has 0 radical (unpaired) electrons. The number of hydrogen-bond donors (Lipinski definition) is 2. The van der Waals surface area contributed by atoms with Gasteiger partial charge in [-0.15, -0.1) is 0 Å². The van der Waals surface area contributed by atoms with E-state index in [-0.39, 0.29) is 5.95 Å². The van der Waals surface area contributed by atoms with Gasteiger partial charge in [0.25, 0.3) is 0 Å². The number of anilines is 2. The number of rotatable bonds is 3. The Morgan fingerprint density at radius 1 is 1.08 bits per heavy atom. The molecule has 0 bridgehead atoms. The molecular formula is C15H13N7O2S. The first-order valence-electron chi connectivity index (χ1n) is 7.25. The Balaban J connectivity index is 2.04. The number of nitrogens with zero attached hydrogens (tertiary/aromatic N) is 5. The van der Waals surface area contributed by atoms with E-state index in [1.807, 2.05) is 12.1 Å². The van der Waals surface area contributed by atoms with Gasteiger partial charge >= 0.3 is 0 Å². The summed E-state index contributed by atoms with van der Waals surface area (Å²) in [5.41, 5.74) is 8.75. The summed E-state index contributed by atoms with van der Waals surface area (Å²) in [6.07, 6.45) is 5.81. The lowest BCUT2D eigenvalue weighted by atomic mass is 10.1. The van der Waals surface area contributed by atoms with Crippen molar-refractivity contribution in [1.29, 1.82) is 0 Å². The van der Waals surface area contributed by atoms with E-state index in [1.165, 1.54) is 6.20 Å². The lowest BCUT2D eigenvalue weighted by Crippen LogP contribution is -2.12. The number of hydrogen-bond acceptors (Lipinski definition) is 7. The molecule has 0 fully saturated rings. The molecule has 25 heavy (non-hydrogen) atoms. The minimum Gasteiger partial charge on any atom is -0.369 e. The molecule has 9 nitrogen and oxygen atoms in total. The smallest absolute Gasteiger partial charge is 0.237 e. The second-order valence-corrected chi connectivity index (χ2v) is 7.16. The van der Waals surface area contributed by atoms with Gasteiger partial charge in [0.15, 0.2) is 0 Å². The number of sulfonamides is 1. The highest BCUT2D eigenvalue weighted by molar-refractivity contribution is 7.91. The first-order chi connectivity index (χ1) is 11.9. The van der Waals surface area contributed by atoms with Crippen LogP contribution < -0.4 is 10.5 Å². The van der Waals surface area contributed by atoms with Crippen LogP contribution in [0.1, 0.15) is 0 Å². The molecule has 0 saturated carbocycles. The minimum absolute atomic E-state index is 0.00146. The van der Waals surface area contributed by atoms with Crippen LogP contribution in [0.5, 0.6) is 0 Å². The summed E-state index contributed by atoms with van der Waals surface area (Å²) >= 11 is 0. The van der Waals surface area contributed by atoms with Crippen molar-refractivity contribution in [2.24, 2.45) is 0 Å². The van der Waals surface area contributed by atoms with E-state index in [2.05, 4.69) is 24.7 Å². The van der Waals surface area contributed by atoms with E-state index in [0.29, 0.717) is 17.3 Å². The molecule has 0 aliphatic rings. The van der Waals surface area contributed by atoms with E-state index in [1.54, 1.807) is 28.9 Å². The lowest BCUT2D eigenvalue weighted by Gasteiger charge is -2.05. The number of nitrogens with one attached hydrogen (secondary N) is 1. The number of nitrogens with two attached hydrogens (primary N) is 1. The monoisotopic (exact) mass is 355 g/mol. The predicted molar refractivity (Wildman–Crippen MR) is 94.4 cm³/mol. The van der Waals surface area contributed by atoms with E-state index < -0.39 is 10.0 Å². The molecule has 0 saturated heterocycles. The lowest BCUT2D eigenvalue weighted by molar-refractivity contribution is 0.606. The number of fused-ring (bicyclic) bond motifs is 3. The van der Waals surface area contributed by atoms with Gasteiger partial charge in [-0.1, -0.05) is 0 Å². The van der Waals surface area contributed by atoms with Crippen LogP contribution >= 0.6 is 0 Å². The Labute approximate surface area is 142 Å². The largest absolute Gasteiger partial charge is 0.369 e. The predicted octanol–water partition coefficient (Wildman–Crippen LogP) is 1.29. The molecule has 126 valence electrons. The van der Waals surface area contributed by atoms with Crippen LogP contribution in [-0.2, 0) is 10.0 Å². The average Bonchev–Trinajstić information content (AvgIpc) is 2.89. The van der Waals surface area contributed by atoms with Crippen molar-refractivity contribution in [2.75, 3.05) is 16.7 Å². The van der Waals surface area contributed by atoms with Gasteiger partial charge in [0.05, 0.1) is 17.5 Å². The van der Waals surface area contributed by atoms with Crippen molar-refractivity contribution in [2.45, 2.75) is 0 Å². The van der Waals surface area contributed by atoms with Gasteiger partial charge in [0, 0.05) is 29.5 Å². The van der Waals surface area contributed by atoms with Gasteiger partial charge in [-0.25, -0.2) is 28.4 Å². The maximum absolute atomic E-state index is 11.4. The zero-order valence-corrected chi connectivity index (χ0v) is 13.9. The van der Waals surface area contributed by atoms with E-state index >= 15 is 0 Å². The summed E-state index contributed by atoms with van der Waals surface area (Å²) in [6, 6.07) is 7.21. The molecule has 0 aliphatic heterocycles. The van der Waals surface area contributed by atoms with Gasteiger partial charge in [0.2, 0.25) is 21.9 Å². The van der Waals surface area contributed by atoms with Crippen LogP contribution in [0.15, 0.2) is 42.9 Å². The molecule has 0 amide bonds. The fourth-order valence-corrected chi connectivity index (χ4v) is 3.18. The summed E-state index contributed by atoms with van der Waals surface area (Å²) in [4.78, 5) is 16.8. The molecule has 10 heteroatoms. The van der Waals surface area contributed by atoms with Crippen molar-refractivity contribution < 1.29 is 8.42 Å². The third kappa shape index (κ3) is 2.62. The normalized spacial score (nSPS) is 11.9. The highest BCUT2D eigenvalue weighted by Crippen LogP contribution is 2.34. The van der Waals surface area contributed by atoms with Crippen molar-refractivity contribution in [1.82, 2.24) is 24.3 Å². The first-order valence-corrected chi connectivity index (χ1v) is 9.14. The quantitative estimate of drug-likeness (QED) is 0.566. The molecule has 0 aromatic carbocycles. The Bertz CT molecular complexity index is 1220. The fraction of sp³-hybridized carbons (Fsp3) is 0.0667. The van der Waals surface area contributed by atoms with Crippen molar-refractivity contribution in [3.63, 3.8) is 0 Å². The third-order valence-electron chi connectivity index (χ3n) is 3.62. The molecule has 4 heterocycles. The van der Waals surface area contributed by atoms with Crippen LogP contribution in [-0.4, -0.2) is 39.0 Å². The van der Waals surface area contributed by atoms with Crippen LogP contribution in [0.2, 0.25) is 0 Å². The van der Waals surface area contributed by atoms with E-state index in [9.17, 15) is 8.42 Å². The van der Waals surface area contributed by atoms with Crippen LogP contribution in [0.25, 0.3) is 27.8 Å². The maximum atomic E-state index is 11.4. The second kappa shape index (κ2) is 5.38. The molecule has 4 aromatic heterocycles. The van der Waals surface area contributed by atoms with Crippen molar-refractivity contribution in [3.8, 4) is 11.3 Å². The summed E-state index contributed by atoms with van der Waals surface area (Å²) in [6.45, 7) is 0. The summed E-state index contributed by atoms with van der Waals surface area (Å²) < 4.78 is 26.9. The Morgan fingerprint density at radius 2 is 1.88 bits per heavy atom. The summed E-state index contributed by atoms with van der Waals surface area (Å²) in [7, 11) is -3.48. The van der Waals surface area contributed by atoms with Gasteiger partial charge in [-0.3, -0.25) is 9.12 Å². The van der Waals surface area contributed by atoms with E-state index in [0.717, 1.165) is 22.7 Å². The number of pyridine rings is 1. The van der Waals surface area contributed by atoms with Crippen molar-refractivity contribution in [3.05, 3.63) is 42.9 Å². The Morgan fingerprint density at radius 3 is 2.68 bits per heavy atom. The highest BCUT2D eigenvalue weighted by atomic mass is 32.2. The van der Waals surface area contributed by atoms with Crippen LogP contribution in [0.3, 0.4) is 0 Å². The first kappa shape index (κ1) is 15.3. The SMILES string of the molecule is CS(=O)(=O)Nc1nccc(-c2c3cccnc3n3c(N)nccc23)n1. The average molecular weight is 355 g/mol. The Hall–Kier alpha value is -3.27. The summed E-state index contributed by atoms with van der Waals surface area (Å²) in [5, 5.41) is 0.825. The molecule has 0 unspecified atom stereocenters. The van der Waals surface area contributed by atoms with Crippen molar-refractivity contribution >= 4 is 38.5 Å². The zero-order valence-electron chi connectivity index (χ0n) is 13.1. The molecular weight excluding hydrogens is 342 g/mol. The molecule has 0 atom stereocenters. The van der Waals surface area contributed by atoms with Crippen LogP contribution in [0, 0.1) is 0 Å². The molecule has 3 N–H and O–H groups in total. The zero-order chi connectivity index (χ0) is 17.6. The molecule has 4 rings (SSSR count). The minimum atomic E-state index is -3.48. The fourth-order valence-electron chi connectivity index (χ4n) is 2.75. The number of aromatic nitrogens is 5. The number of nitrogen functional groups attached to an aromatic ring is 1. The topological polar surface area (TPSA) is 128 Å². The highest BCUT2D eigenvalue weighted by Gasteiger charge is 2.18. The van der Waals surface area contributed by atoms with Gasteiger partial charge < -0.3 is 5.73 Å². The molecule has 0 aliphatic carbocycles. The standard InChI is InChI=1S/C15H13N7O2S/c1-25(23,24)21-15-19-7-4-10(20-15)12-9-3-2-6-17-13(9)22-11(12)5-8-18-14(22)16/h2-8H,1H3,(H2,16,18)(H,19,20,21). The van der Waals surface area contributed by atoms with Gasteiger partial charge in [0.1, 0.15) is 5.65 Å². The molecule has 0 spiro atoms. The van der Waals surface area contributed by atoms with Gasteiger partial charge in [-0.05, 0) is 24.3 Å². The Kier molecular flexibility index (Phi) is 3.29. The van der Waals surface area contributed by atoms with E-state index in [4.69, 9.17) is 5.73 Å². The maximum Gasteiger partial charge on any atom is 0.237 e. The van der Waals surface area contributed by atoms with Crippen LogP contribution in [0.4, 0.5) is 11.9 Å². The molecule has 4 aromatic rings. The van der Waals surface area contributed by atoms with Gasteiger partial charge in [-0.2, -0.15) is 0 Å². The third-order valence-corrected chi connectivity index (χ3v) is 4.17. The summed E-state index contributed by atoms with van der Waals surface area (Å²) in [5.74, 6) is 0.300.